The van der Waals surface area contributed by atoms with Crippen molar-refractivity contribution in [2.24, 2.45) is 5.92 Å². The highest BCUT2D eigenvalue weighted by Gasteiger charge is 2.40. The molecule has 3 rings (SSSR count). The Bertz CT molecular complexity index is 641. The number of amides is 1. The van der Waals surface area contributed by atoms with Crippen LogP contribution >= 0.6 is 0 Å². The van der Waals surface area contributed by atoms with Gasteiger partial charge in [0.1, 0.15) is 6.61 Å². The molecule has 6 heteroatoms. The Morgan fingerprint density at radius 2 is 1.78 bits per heavy atom. The summed E-state index contributed by atoms with van der Waals surface area (Å²) in [5.74, 6) is -1.38. The van der Waals surface area contributed by atoms with Crippen LogP contribution in [0, 0.1) is 5.92 Å². The minimum Gasteiger partial charge on any atom is -0.481 e. The summed E-state index contributed by atoms with van der Waals surface area (Å²) in [6, 6.07) is 10.4. The molecule has 1 aromatic carbocycles. The second-order valence-electron chi connectivity index (χ2n) is 7.95. The molecule has 2 saturated heterocycles. The van der Waals surface area contributed by atoms with E-state index >= 15 is 0 Å². The Labute approximate surface area is 161 Å². The Kier molecular flexibility index (Phi) is 6.37. The molecule has 6 nitrogen and oxygen atoms in total. The Hall–Kier alpha value is -2.08. The molecule has 0 aromatic heterocycles. The summed E-state index contributed by atoms with van der Waals surface area (Å²) in [4.78, 5) is 28.3. The third-order valence-corrected chi connectivity index (χ3v) is 5.92. The van der Waals surface area contributed by atoms with Crippen LogP contribution < -0.4 is 0 Å². The molecule has 1 N–H and O–H groups in total. The highest BCUT2D eigenvalue weighted by molar-refractivity contribution is 5.73. The van der Waals surface area contributed by atoms with Gasteiger partial charge in [-0.1, -0.05) is 36.8 Å². The molecule has 0 aliphatic carbocycles. The van der Waals surface area contributed by atoms with Crippen LogP contribution in [0.3, 0.4) is 0 Å². The first-order valence-electron chi connectivity index (χ1n) is 9.91. The van der Waals surface area contributed by atoms with E-state index in [2.05, 4.69) is 18.7 Å². The van der Waals surface area contributed by atoms with E-state index in [0.717, 1.165) is 18.4 Å². The maximum atomic E-state index is 12.6. The van der Waals surface area contributed by atoms with Crippen molar-refractivity contribution < 1.29 is 19.4 Å². The molecule has 2 aliphatic rings. The van der Waals surface area contributed by atoms with Gasteiger partial charge in [-0.2, -0.15) is 0 Å². The minimum absolute atomic E-state index is 0.0643. The lowest BCUT2D eigenvalue weighted by Gasteiger charge is -2.48. The van der Waals surface area contributed by atoms with Crippen molar-refractivity contribution in [3.8, 4) is 0 Å². The van der Waals surface area contributed by atoms with Gasteiger partial charge in [-0.05, 0) is 38.7 Å². The highest BCUT2D eigenvalue weighted by atomic mass is 16.6. The number of rotatable bonds is 4. The fourth-order valence-corrected chi connectivity index (χ4v) is 4.59. The van der Waals surface area contributed by atoms with E-state index in [1.807, 2.05) is 30.3 Å². The van der Waals surface area contributed by atoms with Crippen LogP contribution in [0.15, 0.2) is 30.3 Å². The number of carbonyl (C=O) groups excluding carboxylic acids is 1. The first-order chi connectivity index (χ1) is 13.0. The van der Waals surface area contributed by atoms with Crippen molar-refractivity contribution in [3.63, 3.8) is 0 Å². The first kappa shape index (κ1) is 19.7. The molecular weight excluding hydrogens is 344 g/mol. The third-order valence-electron chi connectivity index (χ3n) is 5.92. The van der Waals surface area contributed by atoms with E-state index < -0.39 is 18.0 Å². The Morgan fingerprint density at radius 3 is 2.41 bits per heavy atom. The zero-order valence-electron chi connectivity index (χ0n) is 16.2. The quantitative estimate of drug-likeness (QED) is 0.875. The zero-order chi connectivity index (χ0) is 19.4. The molecule has 148 valence electrons. The molecule has 0 radical (unpaired) electrons. The predicted octanol–water partition coefficient (Wildman–Crippen LogP) is 3.36. The maximum Gasteiger partial charge on any atom is 0.410 e. The van der Waals surface area contributed by atoms with Crippen LogP contribution in [0.5, 0.6) is 0 Å². The molecule has 0 saturated carbocycles. The molecule has 4 atom stereocenters. The van der Waals surface area contributed by atoms with Gasteiger partial charge in [-0.15, -0.1) is 0 Å². The number of ether oxygens (including phenoxy) is 1. The number of carboxylic acids is 1. The molecule has 1 aromatic rings. The van der Waals surface area contributed by atoms with Gasteiger partial charge in [0.15, 0.2) is 0 Å². The van der Waals surface area contributed by atoms with E-state index in [-0.39, 0.29) is 19.2 Å². The van der Waals surface area contributed by atoms with Crippen molar-refractivity contribution in [2.75, 3.05) is 13.1 Å². The second kappa shape index (κ2) is 8.74. The summed E-state index contributed by atoms with van der Waals surface area (Å²) in [5.41, 5.74) is 0.924. The van der Waals surface area contributed by atoms with Gasteiger partial charge in [0.25, 0.3) is 0 Å². The van der Waals surface area contributed by atoms with Crippen molar-refractivity contribution in [2.45, 2.75) is 64.3 Å². The number of carboxylic acid groups (broad SMARTS) is 1. The van der Waals surface area contributed by atoms with Gasteiger partial charge >= 0.3 is 12.1 Å². The van der Waals surface area contributed by atoms with Gasteiger partial charge in [0, 0.05) is 31.2 Å². The number of aliphatic carboxylic acids is 1. The zero-order valence-corrected chi connectivity index (χ0v) is 16.2. The molecule has 0 spiro atoms. The summed E-state index contributed by atoms with van der Waals surface area (Å²) < 4.78 is 5.46. The lowest BCUT2D eigenvalue weighted by molar-refractivity contribution is -0.145. The van der Waals surface area contributed by atoms with Gasteiger partial charge in [0.2, 0.25) is 0 Å². The Balaban J connectivity index is 1.68. The number of benzene rings is 1. The molecule has 2 fully saturated rings. The molecule has 27 heavy (non-hydrogen) atoms. The number of piperidine rings is 2. The van der Waals surface area contributed by atoms with Gasteiger partial charge < -0.3 is 14.7 Å². The summed E-state index contributed by atoms with van der Waals surface area (Å²) in [6.45, 7) is 5.37. The average molecular weight is 374 g/mol. The van der Waals surface area contributed by atoms with Crippen LogP contribution in [0.25, 0.3) is 0 Å². The van der Waals surface area contributed by atoms with E-state index in [0.29, 0.717) is 25.0 Å². The standard InChI is InChI=1S/C21H30N2O4/c1-15-7-6-8-16(2)23(15)19-11-18(20(24)25)12-22(13-19)21(26)27-14-17-9-4-3-5-10-17/h3-5,9-10,15-16,18-19H,6-8,11-14H2,1-2H3,(H,24,25). The van der Waals surface area contributed by atoms with Crippen molar-refractivity contribution in [1.82, 2.24) is 9.80 Å². The lowest BCUT2D eigenvalue weighted by atomic mass is 9.88. The average Bonchev–Trinajstić information content (AvgIpc) is 2.66. The van der Waals surface area contributed by atoms with Gasteiger partial charge in [-0.3, -0.25) is 9.69 Å². The monoisotopic (exact) mass is 374 g/mol. The predicted molar refractivity (Wildman–Crippen MR) is 102 cm³/mol. The van der Waals surface area contributed by atoms with Crippen molar-refractivity contribution in [3.05, 3.63) is 35.9 Å². The summed E-state index contributed by atoms with van der Waals surface area (Å²) in [6.07, 6.45) is 3.62. The fraction of sp³-hybridized carbons (Fsp3) is 0.619. The van der Waals surface area contributed by atoms with Gasteiger partial charge in [-0.25, -0.2) is 4.79 Å². The number of hydrogen-bond acceptors (Lipinski definition) is 4. The topological polar surface area (TPSA) is 70.1 Å². The van der Waals surface area contributed by atoms with Gasteiger partial charge in [0.05, 0.1) is 5.92 Å². The van der Waals surface area contributed by atoms with Crippen LogP contribution in [-0.2, 0) is 16.1 Å². The van der Waals surface area contributed by atoms with Crippen LogP contribution in [0.1, 0.15) is 45.1 Å². The number of hydrogen-bond donors (Lipinski definition) is 1. The number of likely N-dealkylation sites (tertiary alicyclic amines) is 2. The van der Waals surface area contributed by atoms with E-state index in [1.165, 1.54) is 6.42 Å². The van der Waals surface area contributed by atoms with E-state index in [9.17, 15) is 14.7 Å². The fourth-order valence-electron chi connectivity index (χ4n) is 4.59. The second-order valence-corrected chi connectivity index (χ2v) is 7.95. The summed E-state index contributed by atoms with van der Waals surface area (Å²) in [5, 5.41) is 9.60. The van der Waals surface area contributed by atoms with E-state index in [1.54, 1.807) is 4.90 Å². The third kappa shape index (κ3) is 4.80. The number of carbonyl (C=O) groups is 2. The van der Waals surface area contributed by atoms with Crippen molar-refractivity contribution in [1.29, 1.82) is 0 Å². The SMILES string of the molecule is CC1CCCC(C)N1C1CC(C(=O)O)CN(C(=O)OCc2ccccc2)C1. The molecule has 4 unspecified atom stereocenters. The molecule has 1 amide bonds. The molecule has 2 heterocycles. The van der Waals surface area contributed by atoms with E-state index in [4.69, 9.17) is 4.74 Å². The first-order valence-corrected chi connectivity index (χ1v) is 9.91. The highest BCUT2D eigenvalue weighted by Crippen LogP contribution is 2.31. The summed E-state index contributed by atoms with van der Waals surface area (Å²) in [7, 11) is 0. The number of nitrogens with zero attached hydrogens (tertiary/aromatic N) is 2. The van der Waals surface area contributed by atoms with Crippen LogP contribution in [-0.4, -0.2) is 58.2 Å². The molecule has 2 aliphatic heterocycles. The molecule has 0 bridgehead atoms. The van der Waals surface area contributed by atoms with Crippen molar-refractivity contribution >= 4 is 12.1 Å². The largest absolute Gasteiger partial charge is 0.481 e. The summed E-state index contributed by atoms with van der Waals surface area (Å²) >= 11 is 0. The molecular formula is C21H30N2O4. The van der Waals surface area contributed by atoms with Crippen LogP contribution in [0.4, 0.5) is 4.79 Å². The maximum absolute atomic E-state index is 12.6. The smallest absolute Gasteiger partial charge is 0.410 e. The normalized spacial score (nSPS) is 29.3. The minimum atomic E-state index is -0.835. The Morgan fingerprint density at radius 1 is 1.11 bits per heavy atom. The lowest BCUT2D eigenvalue weighted by Crippen LogP contribution is -2.59. The van der Waals surface area contributed by atoms with Crippen LogP contribution in [0.2, 0.25) is 0 Å².